The molecule has 0 spiro atoms. The molecular weight excluding hydrogens is 287 g/mol. The van der Waals surface area contributed by atoms with Crippen LogP contribution in [0.1, 0.15) is 32.3 Å². The molecular formula is C20H20FN2+. The molecule has 0 bridgehead atoms. The SMILES string of the molecule is CCC1(CC)C=C[n+]2cc3ccccc3n2-c2ccc(F)cc21. The molecule has 0 saturated carbocycles. The van der Waals surface area contributed by atoms with Gasteiger partial charge in [-0.05, 0) is 54.8 Å². The molecule has 1 aromatic heterocycles. The Kier molecular flexibility index (Phi) is 3.12. The number of rotatable bonds is 2. The highest BCUT2D eigenvalue weighted by atomic mass is 19.1. The predicted molar refractivity (Wildman–Crippen MR) is 91.0 cm³/mol. The molecule has 0 N–H and O–H groups in total. The van der Waals surface area contributed by atoms with Crippen molar-refractivity contribution in [1.82, 2.24) is 4.68 Å². The van der Waals surface area contributed by atoms with Crippen LogP contribution in [-0.2, 0) is 5.41 Å². The van der Waals surface area contributed by atoms with E-state index < -0.39 is 0 Å². The molecule has 0 radical (unpaired) electrons. The number of para-hydroxylation sites is 1. The van der Waals surface area contributed by atoms with Gasteiger partial charge in [0.15, 0.2) is 6.20 Å². The van der Waals surface area contributed by atoms with E-state index in [9.17, 15) is 4.39 Å². The van der Waals surface area contributed by atoms with Gasteiger partial charge in [-0.1, -0.05) is 30.7 Å². The summed E-state index contributed by atoms with van der Waals surface area (Å²) in [5.74, 6) is -0.173. The minimum atomic E-state index is -0.173. The number of benzene rings is 2. The van der Waals surface area contributed by atoms with Crippen LogP contribution < -0.4 is 4.68 Å². The van der Waals surface area contributed by atoms with E-state index in [1.54, 1.807) is 12.1 Å². The molecule has 0 amide bonds. The molecule has 0 fully saturated rings. The number of aromatic nitrogens is 2. The number of hydrogen-bond acceptors (Lipinski definition) is 0. The van der Waals surface area contributed by atoms with Crippen LogP contribution in [0.4, 0.5) is 4.39 Å². The van der Waals surface area contributed by atoms with E-state index in [1.165, 1.54) is 5.39 Å². The molecule has 4 rings (SSSR count). The van der Waals surface area contributed by atoms with Gasteiger partial charge in [0.1, 0.15) is 17.0 Å². The van der Waals surface area contributed by atoms with E-state index in [4.69, 9.17) is 0 Å². The summed E-state index contributed by atoms with van der Waals surface area (Å²) < 4.78 is 18.3. The molecule has 2 aromatic carbocycles. The van der Waals surface area contributed by atoms with Gasteiger partial charge in [-0.2, -0.15) is 0 Å². The fourth-order valence-electron chi connectivity index (χ4n) is 3.75. The van der Waals surface area contributed by atoms with E-state index in [0.717, 1.165) is 29.6 Å². The minimum Gasteiger partial charge on any atom is -0.207 e. The quantitative estimate of drug-likeness (QED) is 0.612. The van der Waals surface area contributed by atoms with Crippen molar-refractivity contribution in [1.29, 1.82) is 0 Å². The van der Waals surface area contributed by atoms with Crippen molar-refractivity contribution >= 4 is 17.1 Å². The second-order valence-corrected chi connectivity index (χ2v) is 6.22. The van der Waals surface area contributed by atoms with E-state index >= 15 is 0 Å². The van der Waals surface area contributed by atoms with E-state index in [1.807, 2.05) is 18.2 Å². The van der Waals surface area contributed by atoms with Crippen LogP contribution in [-0.4, -0.2) is 4.68 Å². The Hall–Kier alpha value is -2.42. The lowest BCUT2D eigenvalue weighted by atomic mass is 9.75. The molecule has 116 valence electrons. The molecule has 2 heterocycles. The zero-order valence-electron chi connectivity index (χ0n) is 13.5. The van der Waals surface area contributed by atoms with Gasteiger partial charge in [0.25, 0.3) is 0 Å². The average molecular weight is 307 g/mol. The summed E-state index contributed by atoms with van der Waals surface area (Å²) in [4.78, 5) is 0. The first-order valence-electron chi connectivity index (χ1n) is 8.20. The Labute approximate surface area is 135 Å². The summed E-state index contributed by atoms with van der Waals surface area (Å²) in [5.41, 5.74) is 3.12. The summed E-state index contributed by atoms with van der Waals surface area (Å²) in [5, 5.41) is 1.17. The third-order valence-electron chi connectivity index (χ3n) is 5.20. The largest absolute Gasteiger partial charge is 0.210 e. The van der Waals surface area contributed by atoms with Crippen molar-refractivity contribution in [2.75, 3.05) is 0 Å². The van der Waals surface area contributed by atoms with Crippen LogP contribution in [0.2, 0.25) is 0 Å². The summed E-state index contributed by atoms with van der Waals surface area (Å²) in [7, 11) is 0. The highest BCUT2D eigenvalue weighted by molar-refractivity contribution is 5.79. The third kappa shape index (κ3) is 1.96. The smallest absolute Gasteiger partial charge is 0.207 e. The van der Waals surface area contributed by atoms with Crippen molar-refractivity contribution in [3.8, 4) is 5.69 Å². The summed E-state index contributed by atoms with van der Waals surface area (Å²) in [6.45, 7) is 4.35. The predicted octanol–water partition coefficient (Wildman–Crippen LogP) is 4.60. The summed E-state index contributed by atoms with van der Waals surface area (Å²) >= 11 is 0. The van der Waals surface area contributed by atoms with Gasteiger partial charge < -0.3 is 0 Å². The summed E-state index contributed by atoms with van der Waals surface area (Å²) in [6.07, 6.45) is 8.36. The number of nitrogens with zero attached hydrogens (tertiary/aromatic N) is 2. The maximum Gasteiger partial charge on any atom is 0.210 e. The molecule has 3 aromatic rings. The van der Waals surface area contributed by atoms with Gasteiger partial charge in [-0.3, -0.25) is 0 Å². The van der Waals surface area contributed by atoms with Gasteiger partial charge in [0.2, 0.25) is 6.20 Å². The number of fused-ring (bicyclic) bond motifs is 5. The highest BCUT2D eigenvalue weighted by Crippen LogP contribution is 2.39. The van der Waals surface area contributed by atoms with Gasteiger partial charge in [0, 0.05) is 5.41 Å². The maximum atomic E-state index is 14.0. The second-order valence-electron chi connectivity index (χ2n) is 6.22. The molecule has 1 aliphatic heterocycles. The van der Waals surface area contributed by atoms with Crippen molar-refractivity contribution in [3.05, 3.63) is 66.1 Å². The van der Waals surface area contributed by atoms with Crippen molar-refractivity contribution in [3.63, 3.8) is 0 Å². The minimum absolute atomic E-state index is 0.134. The van der Waals surface area contributed by atoms with Gasteiger partial charge in [-0.15, -0.1) is 4.68 Å². The van der Waals surface area contributed by atoms with E-state index in [0.29, 0.717) is 0 Å². The number of halogens is 1. The molecule has 3 heteroatoms. The topological polar surface area (TPSA) is 8.81 Å². The van der Waals surface area contributed by atoms with Crippen LogP contribution in [0, 0.1) is 5.82 Å². The normalized spacial score (nSPS) is 15.3. The molecule has 1 aliphatic rings. The molecule has 0 aliphatic carbocycles. The standard InChI is InChI=1S/C20H20FN2/c1-3-20(4-2)11-12-22-14-15-7-5-6-8-18(15)23(22)19-10-9-16(21)13-17(19)20/h5-14H,3-4H2,1-2H3/q+1. The van der Waals surface area contributed by atoms with Crippen LogP contribution >= 0.6 is 0 Å². The Morgan fingerprint density at radius 1 is 1.09 bits per heavy atom. The van der Waals surface area contributed by atoms with Crippen LogP contribution in [0.3, 0.4) is 0 Å². The van der Waals surface area contributed by atoms with Crippen molar-refractivity contribution in [2.45, 2.75) is 32.1 Å². The highest BCUT2D eigenvalue weighted by Gasteiger charge is 2.34. The number of hydrogen-bond donors (Lipinski definition) is 0. The van der Waals surface area contributed by atoms with Gasteiger partial charge in [-0.25, -0.2) is 4.39 Å². The Morgan fingerprint density at radius 3 is 2.65 bits per heavy atom. The van der Waals surface area contributed by atoms with Crippen LogP contribution in [0.5, 0.6) is 0 Å². The lowest BCUT2D eigenvalue weighted by Gasteiger charge is -2.28. The summed E-state index contributed by atoms with van der Waals surface area (Å²) in [6, 6.07) is 13.5. The Balaban J connectivity index is 2.13. The molecule has 2 nitrogen and oxygen atoms in total. The van der Waals surface area contributed by atoms with Gasteiger partial charge >= 0.3 is 0 Å². The molecule has 0 atom stereocenters. The Bertz CT molecular complexity index is 917. The van der Waals surface area contributed by atoms with E-state index in [2.05, 4.69) is 53.8 Å². The first-order chi connectivity index (χ1) is 11.2. The first kappa shape index (κ1) is 14.2. The fraction of sp³-hybridized carbons (Fsp3) is 0.250. The lowest BCUT2D eigenvalue weighted by Crippen LogP contribution is -2.34. The fourth-order valence-corrected chi connectivity index (χ4v) is 3.75. The van der Waals surface area contributed by atoms with Crippen molar-refractivity contribution in [2.24, 2.45) is 0 Å². The first-order valence-corrected chi connectivity index (χ1v) is 8.20. The van der Waals surface area contributed by atoms with Gasteiger partial charge in [0.05, 0.1) is 5.39 Å². The molecule has 0 saturated heterocycles. The van der Waals surface area contributed by atoms with Crippen LogP contribution in [0.15, 0.2) is 54.7 Å². The maximum absolute atomic E-state index is 14.0. The van der Waals surface area contributed by atoms with E-state index in [-0.39, 0.29) is 11.2 Å². The van der Waals surface area contributed by atoms with Crippen molar-refractivity contribution < 1.29 is 9.07 Å². The lowest BCUT2D eigenvalue weighted by molar-refractivity contribution is -0.646. The monoisotopic (exact) mass is 307 g/mol. The zero-order chi connectivity index (χ0) is 16.0. The molecule has 0 unspecified atom stereocenters. The van der Waals surface area contributed by atoms with Crippen LogP contribution in [0.25, 0.3) is 22.8 Å². The zero-order valence-corrected chi connectivity index (χ0v) is 13.5. The second kappa shape index (κ2) is 5.05. The number of allylic oxidation sites excluding steroid dienone is 1. The third-order valence-corrected chi connectivity index (χ3v) is 5.20. The average Bonchev–Trinajstić information content (AvgIpc) is 2.89. The Morgan fingerprint density at radius 2 is 1.87 bits per heavy atom. The molecule has 23 heavy (non-hydrogen) atoms.